The molecule has 6 nitrogen and oxygen atoms in total. The Balaban J connectivity index is 1.30. The summed E-state index contributed by atoms with van der Waals surface area (Å²) in [5, 5.41) is 3.12. The van der Waals surface area contributed by atoms with E-state index < -0.39 is 18.3 Å². The largest absolute Gasteiger partial charge is 0.450 e. The van der Waals surface area contributed by atoms with Gasteiger partial charge in [0.1, 0.15) is 12.3 Å². The van der Waals surface area contributed by atoms with Crippen LogP contribution in [0.2, 0.25) is 0 Å². The first-order valence-corrected chi connectivity index (χ1v) is 11.7. The van der Waals surface area contributed by atoms with Crippen LogP contribution >= 0.6 is 0 Å². The highest BCUT2D eigenvalue weighted by Crippen LogP contribution is 2.38. The van der Waals surface area contributed by atoms with E-state index >= 15 is 0 Å². The fourth-order valence-corrected chi connectivity index (χ4v) is 6.03. The normalized spacial score (nSPS) is 39.6. The molecule has 4 aliphatic rings. The molecule has 3 saturated heterocycles. The molecule has 0 aromatic carbocycles. The van der Waals surface area contributed by atoms with Gasteiger partial charge >= 0.3 is 6.09 Å². The standard InChI is InChI=1S/C22H35F2N3O3/c1-2-30-22(29)27-16-6-7-17(27)12-18(11-16)26-9-3-4-15(13-26)25-21(28)14-5-8-19(23)20(24)10-14/h14-20H,2-13H2,1H3,(H,25,28)/t14?,15-,16?,17?,18?,19?,20?/m0/s1. The average molecular weight is 428 g/mol. The minimum Gasteiger partial charge on any atom is -0.450 e. The van der Waals surface area contributed by atoms with Gasteiger partial charge in [-0.3, -0.25) is 9.69 Å². The molecule has 3 aliphatic heterocycles. The molecule has 5 unspecified atom stereocenters. The second-order valence-electron chi connectivity index (χ2n) is 9.50. The monoisotopic (exact) mass is 427 g/mol. The molecule has 30 heavy (non-hydrogen) atoms. The summed E-state index contributed by atoms with van der Waals surface area (Å²) in [5.41, 5.74) is 0. The van der Waals surface area contributed by atoms with Crippen molar-refractivity contribution >= 4 is 12.0 Å². The maximum absolute atomic E-state index is 13.7. The number of hydrogen-bond donors (Lipinski definition) is 1. The van der Waals surface area contributed by atoms with Gasteiger partial charge < -0.3 is 15.0 Å². The van der Waals surface area contributed by atoms with E-state index in [2.05, 4.69) is 10.2 Å². The zero-order valence-electron chi connectivity index (χ0n) is 17.9. The molecule has 4 fully saturated rings. The Morgan fingerprint density at radius 1 is 0.967 bits per heavy atom. The average Bonchev–Trinajstić information content (AvgIpc) is 3.00. The van der Waals surface area contributed by atoms with Crippen LogP contribution in [0.15, 0.2) is 0 Å². The number of ether oxygens (including phenoxy) is 1. The van der Waals surface area contributed by atoms with Gasteiger partial charge in [0.05, 0.1) is 6.61 Å². The van der Waals surface area contributed by atoms with Crippen LogP contribution in [0.4, 0.5) is 13.6 Å². The smallest absolute Gasteiger partial charge is 0.410 e. The minimum absolute atomic E-state index is 0.000879. The number of hydrogen-bond acceptors (Lipinski definition) is 4. The lowest BCUT2D eigenvalue weighted by Gasteiger charge is -2.45. The van der Waals surface area contributed by atoms with E-state index in [9.17, 15) is 18.4 Å². The number of nitrogens with zero attached hydrogens (tertiary/aromatic N) is 2. The lowest BCUT2D eigenvalue weighted by atomic mass is 9.86. The zero-order chi connectivity index (χ0) is 21.3. The molecule has 0 aromatic heterocycles. The van der Waals surface area contributed by atoms with Gasteiger partial charge in [0.2, 0.25) is 5.91 Å². The van der Waals surface area contributed by atoms with E-state index in [1.807, 2.05) is 11.8 Å². The van der Waals surface area contributed by atoms with Gasteiger partial charge in [0, 0.05) is 36.6 Å². The topological polar surface area (TPSA) is 61.9 Å². The molecule has 4 rings (SSSR count). The Bertz CT molecular complexity index is 623. The third kappa shape index (κ3) is 4.58. The molecular weight excluding hydrogens is 392 g/mol. The summed E-state index contributed by atoms with van der Waals surface area (Å²) >= 11 is 0. The number of fused-ring (bicyclic) bond motifs is 2. The Labute approximate surface area is 177 Å². The van der Waals surface area contributed by atoms with E-state index in [0.717, 1.165) is 51.6 Å². The number of carbonyl (C=O) groups is 2. The van der Waals surface area contributed by atoms with Crippen molar-refractivity contribution in [2.75, 3.05) is 19.7 Å². The van der Waals surface area contributed by atoms with Crippen LogP contribution in [0.25, 0.3) is 0 Å². The third-order valence-corrected chi connectivity index (χ3v) is 7.57. The fourth-order valence-electron chi connectivity index (χ4n) is 6.03. The minimum atomic E-state index is -1.52. The van der Waals surface area contributed by atoms with E-state index in [1.165, 1.54) is 0 Å². The molecule has 0 spiro atoms. The summed E-state index contributed by atoms with van der Waals surface area (Å²) < 4.78 is 32.3. The Morgan fingerprint density at radius 2 is 1.70 bits per heavy atom. The van der Waals surface area contributed by atoms with Crippen LogP contribution in [-0.2, 0) is 9.53 Å². The second-order valence-corrected chi connectivity index (χ2v) is 9.50. The lowest BCUT2D eigenvalue weighted by molar-refractivity contribution is -0.128. The summed E-state index contributed by atoms with van der Waals surface area (Å²) in [7, 11) is 0. The maximum Gasteiger partial charge on any atom is 0.410 e. The van der Waals surface area contributed by atoms with Gasteiger partial charge in [-0.2, -0.15) is 0 Å². The number of amides is 2. The fraction of sp³-hybridized carbons (Fsp3) is 0.909. The number of alkyl halides is 2. The van der Waals surface area contributed by atoms with Crippen molar-refractivity contribution in [3.8, 4) is 0 Å². The first-order valence-electron chi connectivity index (χ1n) is 11.7. The number of rotatable bonds is 4. The predicted molar refractivity (Wildman–Crippen MR) is 109 cm³/mol. The highest BCUT2D eigenvalue weighted by atomic mass is 19.2. The lowest BCUT2D eigenvalue weighted by Crippen LogP contribution is -2.57. The van der Waals surface area contributed by atoms with Gasteiger partial charge in [-0.05, 0) is 71.3 Å². The van der Waals surface area contributed by atoms with Crippen molar-refractivity contribution in [2.45, 2.75) is 101 Å². The van der Waals surface area contributed by atoms with Gasteiger partial charge in [0.25, 0.3) is 0 Å². The van der Waals surface area contributed by atoms with Crippen molar-refractivity contribution in [2.24, 2.45) is 5.92 Å². The molecule has 0 aromatic rings. The Morgan fingerprint density at radius 3 is 2.37 bits per heavy atom. The number of piperidine rings is 2. The summed E-state index contributed by atoms with van der Waals surface area (Å²) in [5.74, 6) is -0.528. The summed E-state index contributed by atoms with van der Waals surface area (Å²) in [6.45, 7) is 4.05. The number of likely N-dealkylation sites (tertiary alicyclic amines) is 1. The van der Waals surface area contributed by atoms with E-state index in [0.29, 0.717) is 19.1 Å². The van der Waals surface area contributed by atoms with Crippen LogP contribution in [0, 0.1) is 5.92 Å². The SMILES string of the molecule is CCOC(=O)N1C2CCC1CC(N1CCC[C@H](NC(=O)C3CCC(F)C(F)C3)C1)C2. The van der Waals surface area contributed by atoms with Crippen LogP contribution in [0.3, 0.4) is 0 Å². The van der Waals surface area contributed by atoms with Crippen molar-refractivity contribution in [3.63, 3.8) is 0 Å². The molecule has 2 bridgehead atoms. The van der Waals surface area contributed by atoms with E-state index in [4.69, 9.17) is 4.74 Å². The summed E-state index contributed by atoms with van der Waals surface area (Å²) in [6.07, 6.45) is 3.38. The van der Waals surface area contributed by atoms with Crippen molar-refractivity contribution in [3.05, 3.63) is 0 Å². The molecule has 8 heteroatoms. The van der Waals surface area contributed by atoms with Crippen LogP contribution in [0.5, 0.6) is 0 Å². The molecular formula is C22H35F2N3O3. The first kappa shape index (κ1) is 21.8. The zero-order valence-corrected chi connectivity index (χ0v) is 17.9. The third-order valence-electron chi connectivity index (χ3n) is 7.57. The number of halogens is 2. The van der Waals surface area contributed by atoms with Crippen molar-refractivity contribution in [1.29, 1.82) is 0 Å². The van der Waals surface area contributed by atoms with Gasteiger partial charge in [0.15, 0.2) is 0 Å². The van der Waals surface area contributed by atoms with Crippen LogP contribution in [-0.4, -0.2) is 78.0 Å². The molecule has 0 radical (unpaired) electrons. The quantitative estimate of drug-likeness (QED) is 0.749. The second kappa shape index (κ2) is 9.37. The molecule has 1 saturated carbocycles. The molecule has 2 amide bonds. The first-order chi connectivity index (χ1) is 14.5. The van der Waals surface area contributed by atoms with Gasteiger partial charge in [-0.25, -0.2) is 13.6 Å². The molecule has 170 valence electrons. The van der Waals surface area contributed by atoms with E-state index in [1.54, 1.807) is 0 Å². The molecule has 6 atom stereocenters. The van der Waals surface area contributed by atoms with Gasteiger partial charge in [-0.1, -0.05) is 0 Å². The molecule has 1 aliphatic carbocycles. The Hall–Kier alpha value is -1.44. The maximum atomic E-state index is 13.7. The number of carbonyl (C=O) groups excluding carboxylic acids is 2. The van der Waals surface area contributed by atoms with Crippen molar-refractivity contribution in [1.82, 2.24) is 15.1 Å². The Kier molecular flexibility index (Phi) is 6.80. The van der Waals surface area contributed by atoms with Crippen molar-refractivity contribution < 1.29 is 23.1 Å². The predicted octanol–water partition coefficient (Wildman–Crippen LogP) is 3.20. The van der Waals surface area contributed by atoms with Gasteiger partial charge in [-0.15, -0.1) is 0 Å². The highest BCUT2D eigenvalue weighted by molar-refractivity contribution is 5.79. The number of nitrogens with one attached hydrogen (secondary N) is 1. The van der Waals surface area contributed by atoms with Crippen LogP contribution < -0.4 is 5.32 Å². The summed E-state index contributed by atoms with van der Waals surface area (Å²) in [4.78, 5) is 29.3. The van der Waals surface area contributed by atoms with E-state index in [-0.39, 0.29) is 43.0 Å². The molecule has 3 heterocycles. The summed E-state index contributed by atoms with van der Waals surface area (Å²) in [6, 6.07) is 0.985. The van der Waals surface area contributed by atoms with Crippen LogP contribution in [0.1, 0.15) is 64.7 Å². The highest BCUT2D eigenvalue weighted by Gasteiger charge is 2.46. The molecule has 1 N–H and O–H groups in total.